The molecule has 0 aliphatic carbocycles. The number of carbonyl (C=O) groups is 3. The first-order chi connectivity index (χ1) is 14.1. The van der Waals surface area contributed by atoms with Crippen molar-refractivity contribution in [3.05, 3.63) is 64.7 Å². The lowest BCUT2D eigenvalue weighted by Crippen LogP contribution is -2.42. The van der Waals surface area contributed by atoms with Gasteiger partial charge < -0.3 is 4.74 Å². The number of sulfonamides is 1. The monoisotopic (exact) mass is 453 g/mol. The van der Waals surface area contributed by atoms with E-state index in [0.717, 1.165) is 15.9 Å². The van der Waals surface area contributed by atoms with E-state index in [0.29, 0.717) is 0 Å². The SMILES string of the molecule is CC(=O)NNC(=O)COC(=O)c1cc(S(=O)(=O)N(C)Cc2ccccc2)ccc1Cl. The van der Waals surface area contributed by atoms with Crippen LogP contribution in [0.25, 0.3) is 0 Å². The standard InChI is InChI=1S/C19H20ClN3O6S/c1-13(24)21-22-18(25)12-29-19(26)16-10-15(8-9-17(16)20)30(27,28)23(2)11-14-6-4-3-5-7-14/h3-10H,11-12H2,1-2H3,(H,21,24)(H,22,25). The second-order valence-electron chi connectivity index (χ2n) is 6.19. The third-order valence-corrected chi connectivity index (χ3v) is 5.96. The van der Waals surface area contributed by atoms with Crippen LogP contribution in [0.15, 0.2) is 53.4 Å². The summed E-state index contributed by atoms with van der Waals surface area (Å²) in [4.78, 5) is 34.4. The molecule has 0 aliphatic heterocycles. The number of rotatable bonds is 7. The number of nitrogens with zero attached hydrogens (tertiary/aromatic N) is 1. The molecule has 2 N–H and O–H groups in total. The van der Waals surface area contributed by atoms with Crippen LogP contribution < -0.4 is 10.9 Å². The van der Waals surface area contributed by atoms with E-state index >= 15 is 0 Å². The number of halogens is 1. The number of nitrogens with one attached hydrogen (secondary N) is 2. The molecule has 0 spiro atoms. The minimum atomic E-state index is -3.92. The van der Waals surface area contributed by atoms with Crippen molar-refractivity contribution in [1.82, 2.24) is 15.2 Å². The summed E-state index contributed by atoms with van der Waals surface area (Å²) in [6.07, 6.45) is 0. The van der Waals surface area contributed by atoms with Crippen molar-refractivity contribution in [1.29, 1.82) is 0 Å². The van der Waals surface area contributed by atoms with E-state index in [1.807, 2.05) is 16.9 Å². The van der Waals surface area contributed by atoms with Crippen LogP contribution in [0.3, 0.4) is 0 Å². The fourth-order valence-corrected chi connectivity index (χ4v) is 3.71. The van der Waals surface area contributed by atoms with Crippen LogP contribution in [-0.2, 0) is 30.9 Å². The zero-order valence-electron chi connectivity index (χ0n) is 16.2. The van der Waals surface area contributed by atoms with Crippen LogP contribution in [0.5, 0.6) is 0 Å². The Morgan fingerprint density at radius 3 is 2.37 bits per heavy atom. The number of hydrogen-bond acceptors (Lipinski definition) is 6. The Bertz CT molecular complexity index is 1040. The van der Waals surface area contributed by atoms with Crippen molar-refractivity contribution in [2.45, 2.75) is 18.4 Å². The summed E-state index contributed by atoms with van der Waals surface area (Å²) in [7, 11) is -2.50. The van der Waals surface area contributed by atoms with Gasteiger partial charge in [-0.3, -0.25) is 20.4 Å². The third-order valence-electron chi connectivity index (χ3n) is 3.83. The van der Waals surface area contributed by atoms with E-state index < -0.39 is 34.4 Å². The lowest BCUT2D eigenvalue weighted by molar-refractivity contribution is -0.129. The van der Waals surface area contributed by atoms with Crippen molar-refractivity contribution in [3.63, 3.8) is 0 Å². The van der Waals surface area contributed by atoms with Gasteiger partial charge in [-0.25, -0.2) is 13.2 Å². The molecule has 0 unspecified atom stereocenters. The summed E-state index contributed by atoms with van der Waals surface area (Å²) in [6, 6.07) is 12.6. The van der Waals surface area contributed by atoms with Gasteiger partial charge in [0.25, 0.3) is 5.91 Å². The summed E-state index contributed by atoms with van der Waals surface area (Å²) < 4.78 is 31.7. The molecule has 0 aromatic heterocycles. The molecule has 0 saturated heterocycles. The second kappa shape index (κ2) is 10.2. The number of hydrogen-bond donors (Lipinski definition) is 2. The maximum atomic E-state index is 12.9. The molecule has 2 amide bonds. The van der Waals surface area contributed by atoms with Gasteiger partial charge in [-0.2, -0.15) is 4.31 Å². The van der Waals surface area contributed by atoms with E-state index in [-0.39, 0.29) is 22.0 Å². The first-order valence-electron chi connectivity index (χ1n) is 8.63. The molecule has 0 aliphatic rings. The largest absolute Gasteiger partial charge is 0.452 e. The Morgan fingerprint density at radius 1 is 1.07 bits per heavy atom. The van der Waals surface area contributed by atoms with Gasteiger partial charge in [-0.05, 0) is 23.8 Å². The van der Waals surface area contributed by atoms with Gasteiger partial charge in [0, 0.05) is 20.5 Å². The van der Waals surface area contributed by atoms with Crippen molar-refractivity contribution >= 4 is 39.4 Å². The Hall–Kier alpha value is -2.95. The van der Waals surface area contributed by atoms with Crippen LogP contribution in [0.4, 0.5) is 0 Å². The molecule has 0 saturated carbocycles. The zero-order chi connectivity index (χ0) is 22.3. The fourth-order valence-electron chi connectivity index (χ4n) is 2.33. The van der Waals surface area contributed by atoms with E-state index in [9.17, 15) is 22.8 Å². The average molecular weight is 454 g/mol. The molecule has 9 nitrogen and oxygen atoms in total. The fraction of sp³-hybridized carbons (Fsp3) is 0.211. The molecule has 0 bridgehead atoms. The van der Waals surface area contributed by atoms with Gasteiger partial charge in [-0.1, -0.05) is 41.9 Å². The molecule has 160 valence electrons. The maximum Gasteiger partial charge on any atom is 0.340 e. The number of amides is 2. The van der Waals surface area contributed by atoms with Gasteiger partial charge in [-0.15, -0.1) is 0 Å². The summed E-state index contributed by atoms with van der Waals surface area (Å²) in [5, 5.41) is -0.0352. The number of hydrazine groups is 1. The molecule has 0 atom stereocenters. The number of benzene rings is 2. The lowest BCUT2D eigenvalue weighted by Gasteiger charge is -2.18. The summed E-state index contributed by atoms with van der Waals surface area (Å²) in [5.74, 6) is -2.27. The van der Waals surface area contributed by atoms with Crippen LogP contribution in [0, 0.1) is 0 Å². The molecule has 0 heterocycles. The highest BCUT2D eigenvalue weighted by molar-refractivity contribution is 7.89. The smallest absolute Gasteiger partial charge is 0.340 e. The van der Waals surface area contributed by atoms with Gasteiger partial charge in [0.2, 0.25) is 15.9 Å². The van der Waals surface area contributed by atoms with Crippen molar-refractivity contribution in [2.24, 2.45) is 0 Å². The number of carbonyl (C=O) groups excluding carboxylic acids is 3. The van der Waals surface area contributed by atoms with Gasteiger partial charge in [0.05, 0.1) is 15.5 Å². The molecule has 2 aromatic rings. The minimum absolute atomic E-state index is 0.0352. The third kappa shape index (κ3) is 6.28. The predicted molar refractivity (Wildman–Crippen MR) is 109 cm³/mol. The molecular weight excluding hydrogens is 434 g/mol. The van der Waals surface area contributed by atoms with Gasteiger partial charge >= 0.3 is 5.97 Å². The highest BCUT2D eigenvalue weighted by Crippen LogP contribution is 2.24. The Morgan fingerprint density at radius 2 is 1.73 bits per heavy atom. The first-order valence-corrected chi connectivity index (χ1v) is 10.5. The topological polar surface area (TPSA) is 122 Å². The minimum Gasteiger partial charge on any atom is -0.452 e. The van der Waals surface area contributed by atoms with E-state index in [2.05, 4.69) is 0 Å². The lowest BCUT2D eigenvalue weighted by atomic mass is 10.2. The first kappa shape index (κ1) is 23.3. The highest BCUT2D eigenvalue weighted by Gasteiger charge is 2.24. The van der Waals surface area contributed by atoms with Crippen LogP contribution in [-0.4, -0.2) is 44.2 Å². The quantitative estimate of drug-likeness (QED) is 0.483. The Balaban J connectivity index is 2.14. The Labute approximate surface area is 179 Å². The molecule has 0 fully saturated rings. The summed E-state index contributed by atoms with van der Waals surface area (Å²) in [5.41, 5.74) is 4.65. The molecule has 11 heteroatoms. The molecule has 2 aromatic carbocycles. The van der Waals surface area contributed by atoms with E-state index in [1.54, 1.807) is 24.3 Å². The van der Waals surface area contributed by atoms with Crippen molar-refractivity contribution in [2.75, 3.05) is 13.7 Å². The molecule has 2 rings (SSSR count). The van der Waals surface area contributed by atoms with Crippen LogP contribution in [0.1, 0.15) is 22.8 Å². The van der Waals surface area contributed by atoms with Crippen LogP contribution in [0.2, 0.25) is 5.02 Å². The average Bonchev–Trinajstić information content (AvgIpc) is 2.71. The van der Waals surface area contributed by atoms with Gasteiger partial charge in [0.1, 0.15) is 0 Å². The van der Waals surface area contributed by atoms with E-state index in [1.165, 1.54) is 26.1 Å². The number of ether oxygens (including phenoxy) is 1. The molecule has 30 heavy (non-hydrogen) atoms. The van der Waals surface area contributed by atoms with E-state index in [4.69, 9.17) is 16.3 Å². The zero-order valence-corrected chi connectivity index (χ0v) is 17.8. The van der Waals surface area contributed by atoms with Crippen LogP contribution >= 0.6 is 11.6 Å². The second-order valence-corrected chi connectivity index (χ2v) is 8.65. The molecule has 0 radical (unpaired) electrons. The Kier molecular flexibility index (Phi) is 7.93. The summed E-state index contributed by atoms with van der Waals surface area (Å²) in [6.45, 7) is 0.627. The summed E-state index contributed by atoms with van der Waals surface area (Å²) >= 11 is 6.00. The maximum absolute atomic E-state index is 12.9. The van der Waals surface area contributed by atoms with Crippen molar-refractivity contribution in [3.8, 4) is 0 Å². The number of esters is 1. The van der Waals surface area contributed by atoms with Gasteiger partial charge in [0.15, 0.2) is 6.61 Å². The molecular formula is C19H20ClN3O6S. The normalized spacial score (nSPS) is 11.1. The van der Waals surface area contributed by atoms with Crippen molar-refractivity contribution < 1.29 is 27.5 Å². The predicted octanol–water partition coefficient (Wildman–Crippen LogP) is 1.48. The highest BCUT2D eigenvalue weighted by atomic mass is 35.5.